The summed E-state index contributed by atoms with van der Waals surface area (Å²) < 4.78 is 11.2. The number of amidine groups is 1. The number of carbonyl (C=O) groups is 1. The zero-order valence-electron chi connectivity index (χ0n) is 21.4. The van der Waals surface area contributed by atoms with Crippen LogP contribution in [0, 0.1) is 10.1 Å². The fourth-order valence-electron chi connectivity index (χ4n) is 4.19. The van der Waals surface area contributed by atoms with E-state index in [2.05, 4.69) is 9.89 Å². The molecule has 0 aromatic heterocycles. The van der Waals surface area contributed by atoms with E-state index in [0.717, 1.165) is 37.7 Å². The van der Waals surface area contributed by atoms with Gasteiger partial charge >= 0.3 is 0 Å². The van der Waals surface area contributed by atoms with E-state index in [4.69, 9.17) is 32.7 Å². The van der Waals surface area contributed by atoms with E-state index in [1.54, 1.807) is 37.4 Å². The third-order valence-corrected chi connectivity index (χ3v) is 7.90. The molecule has 206 valence electrons. The van der Waals surface area contributed by atoms with Crippen LogP contribution in [0.15, 0.2) is 70.6 Å². The fraction of sp³-hybridized carbons (Fsp3) is 0.214. The Morgan fingerprint density at radius 3 is 2.48 bits per heavy atom. The number of likely N-dealkylation sites (N-methyl/N-ethyl adjacent to an activating group) is 1. The first-order chi connectivity index (χ1) is 19.3. The lowest BCUT2D eigenvalue weighted by molar-refractivity contribution is -0.384. The summed E-state index contributed by atoms with van der Waals surface area (Å²) in [4.78, 5) is 32.4. The van der Waals surface area contributed by atoms with Crippen molar-refractivity contribution in [3.63, 3.8) is 0 Å². The third-order valence-electron chi connectivity index (χ3n) is 6.28. The van der Waals surface area contributed by atoms with Crippen molar-refractivity contribution in [2.45, 2.75) is 6.61 Å². The molecule has 2 fully saturated rings. The molecular weight excluding hydrogens is 575 g/mol. The molecule has 3 aromatic rings. The molecule has 0 saturated carbocycles. The van der Waals surface area contributed by atoms with Crippen LogP contribution in [-0.4, -0.2) is 54.2 Å². The standard InChI is InChI=1S/C28H24Cl2N4O5S/c1-32-27(35)25(40-28(32)31-20-5-7-21(8-6-20)33-9-11-38-12-10-33)16-19-14-23(29)26(24(30)15-19)39-17-18-3-2-4-22(13-18)34(36)37/h2-8,13-16H,9-12,17H2,1H3/b25-16-,31-28?. The first-order valence-corrected chi connectivity index (χ1v) is 13.9. The molecular formula is C28H24Cl2N4O5S. The molecule has 1 amide bonds. The van der Waals surface area contributed by atoms with Crippen LogP contribution in [0.4, 0.5) is 17.1 Å². The van der Waals surface area contributed by atoms with Gasteiger partial charge in [-0.3, -0.25) is 19.8 Å². The smallest absolute Gasteiger partial charge is 0.269 e. The number of anilines is 1. The molecule has 12 heteroatoms. The molecule has 0 radical (unpaired) electrons. The molecule has 0 atom stereocenters. The van der Waals surface area contributed by atoms with Crippen molar-refractivity contribution in [3.8, 4) is 5.75 Å². The van der Waals surface area contributed by atoms with Gasteiger partial charge in [0.1, 0.15) is 6.61 Å². The minimum Gasteiger partial charge on any atom is -0.486 e. The van der Waals surface area contributed by atoms with Crippen LogP contribution < -0.4 is 9.64 Å². The van der Waals surface area contributed by atoms with Gasteiger partial charge in [0.25, 0.3) is 11.6 Å². The Bertz CT molecular complexity index is 1480. The number of carbonyl (C=O) groups excluding carboxylic acids is 1. The zero-order chi connectivity index (χ0) is 28.2. The van der Waals surface area contributed by atoms with Crippen molar-refractivity contribution >= 4 is 69.2 Å². The number of hydrogen-bond donors (Lipinski definition) is 0. The van der Waals surface area contributed by atoms with Gasteiger partial charge in [0.2, 0.25) is 0 Å². The number of morpholine rings is 1. The van der Waals surface area contributed by atoms with Crippen molar-refractivity contribution in [2.24, 2.45) is 4.99 Å². The average molecular weight is 599 g/mol. The number of non-ortho nitro benzene ring substituents is 1. The van der Waals surface area contributed by atoms with E-state index >= 15 is 0 Å². The van der Waals surface area contributed by atoms with E-state index in [9.17, 15) is 14.9 Å². The summed E-state index contributed by atoms with van der Waals surface area (Å²) >= 11 is 14.2. The molecule has 3 aromatic carbocycles. The molecule has 2 aliphatic heterocycles. The molecule has 9 nitrogen and oxygen atoms in total. The summed E-state index contributed by atoms with van der Waals surface area (Å²) in [6.45, 7) is 3.20. The second-order valence-corrected chi connectivity index (χ2v) is 10.8. The van der Waals surface area contributed by atoms with Crippen LogP contribution in [0.3, 0.4) is 0 Å². The zero-order valence-corrected chi connectivity index (χ0v) is 23.7. The van der Waals surface area contributed by atoms with E-state index in [1.165, 1.54) is 28.8 Å². The predicted octanol–water partition coefficient (Wildman–Crippen LogP) is 6.55. The van der Waals surface area contributed by atoms with Crippen molar-refractivity contribution in [2.75, 3.05) is 38.3 Å². The lowest BCUT2D eigenvalue weighted by Gasteiger charge is -2.28. The molecule has 5 rings (SSSR count). The highest BCUT2D eigenvalue weighted by molar-refractivity contribution is 8.18. The van der Waals surface area contributed by atoms with Gasteiger partial charge in [-0.05, 0) is 65.4 Å². The Morgan fingerprint density at radius 1 is 1.10 bits per heavy atom. The number of nitrogens with zero attached hydrogens (tertiary/aromatic N) is 4. The molecule has 2 aliphatic rings. The largest absolute Gasteiger partial charge is 0.486 e. The molecule has 0 N–H and O–H groups in total. The van der Waals surface area contributed by atoms with Crippen LogP contribution in [0.2, 0.25) is 10.0 Å². The first-order valence-electron chi connectivity index (χ1n) is 12.3. The minimum absolute atomic E-state index is 0.0307. The van der Waals surface area contributed by atoms with Gasteiger partial charge in [-0.2, -0.15) is 0 Å². The summed E-state index contributed by atoms with van der Waals surface area (Å²) in [5, 5.41) is 12.1. The highest BCUT2D eigenvalue weighted by atomic mass is 35.5. The highest BCUT2D eigenvalue weighted by Crippen LogP contribution is 2.38. The summed E-state index contributed by atoms with van der Waals surface area (Å²) in [5.74, 6) is 0.0641. The quantitative estimate of drug-likeness (QED) is 0.173. The fourth-order valence-corrected chi connectivity index (χ4v) is 5.79. The average Bonchev–Trinajstić information content (AvgIpc) is 3.21. The van der Waals surface area contributed by atoms with Gasteiger partial charge in [-0.1, -0.05) is 35.3 Å². The van der Waals surface area contributed by atoms with Gasteiger partial charge in [0.05, 0.1) is 38.8 Å². The van der Waals surface area contributed by atoms with Gasteiger partial charge in [0.15, 0.2) is 10.9 Å². The number of nitro groups is 1. The number of amides is 1. The maximum absolute atomic E-state index is 12.9. The van der Waals surface area contributed by atoms with E-state index in [-0.39, 0.29) is 34.0 Å². The van der Waals surface area contributed by atoms with Crippen molar-refractivity contribution < 1.29 is 19.2 Å². The SMILES string of the molecule is CN1C(=O)/C(=C/c2cc(Cl)c(OCc3cccc([N+](=O)[O-])c3)c(Cl)c2)SC1=Nc1ccc(N2CCOCC2)cc1. The lowest BCUT2D eigenvalue weighted by atomic mass is 10.2. The summed E-state index contributed by atoms with van der Waals surface area (Å²) in [6, 6.07) is 17.3. The summed E-state index contributed by atoms with van der Waals surface area (Å²) in [7, 11) is 1.68. The number of thioether (sulfide) groups is 1. The molecule has 0 unspecified atom stereocenters. The van der Waals surface area contributed by atoms with E-state index < -0.39 is 4.92 Å². The third kappa shape index (κ3) is 6.42. The molecule has 0 spiro atoms. The molecule has 0 bridgehead atoms. The van der Waals surface area contributed by atoms with Crippen molar-refractivity contribution in [1.29, 1.82) is 0 Å². The van der Waals surface area contributed by atoms with Crippen LogP contribution in [0.5, 0.6) is 5.75 Å². The van der Waals surface area contributed by atoms with Gasteiger partial charge in [0, 0.05) is 38.0 Å². The number of nitro benzene ring substituents is 1. The van der Waals surface area contributed by atoms with Crippen molar-refractivity contribution in [1.82, 2.24) is 4.90 Å². The topological polar surface area (TPSA) is 97.5 Å². The van der Waals surface area contributed by atoms with Gasteiger partial charge < -0.3 is 14.4 Å². The van der Waals surface area contributed by atoms with Crippen LogP contribution in [0.1, 0.15) is 11.1 Å². The number of hydrogen-bond acceptors (Lipinski definition) is 8. The Balaban J connectivity index is 1.29. The molecule has 40 heavy (non-hydrogen) atoms. The molecule has 0 aliphatic carbocycles. The number of halogens is 2. The Hall–Kier alpha value is -3.57. The van der Waals surface area contributed by atoms with Crippen molar-refractivity contribution in [3.05, 3.63) is 96.9 Å². The predicted molar refractivity (Wildman–Crippen MR) is 159 cm³/mol. The lowest BCUT2D eigenvalue weighted by Crippen LogP contribution is -2.36. The maximum atomic E-state index is 12.9. The minimum atomic E-state index is -0.468. The number of aliphatic imine (C=N–C) groups is 1. The monoisotopic (exact) mass is 598 g/mol. The summed E-state index contributed by atoms with van der Waals surface area (Å²) in [5.41, 5.74) is 3.06. The second-order valence-electron chi connectivity index (χ2n) is 9.01. The van der Waals surface area contributed by atoms with Crippen LogP contribution in [-0.2, 0) is 16.1 Å². The van der Waals surface area contributed by atoms with Crippen LogP contribution in [0.25, 0.3) is 6.08 Å². The highest BCUT2D eigenvalue weighted by Gasteiger charge is 2.30. The Morgan fingerprint density at radius 2 is 1.80 bits per heavy atom. The van der Waals surface area contributed by atoms with Crippen LogP contribution >= 0.6 is 35.0 Å². The number of benzene rings is 3. The van der Waals surface area contributed by atoms with E-state index in [1.807, 2.05) is 24.3 Å². The number of ether oxygens (including phenoxy) is 2. The second kappa shape index (κ2) is 12.3. The Kier molecular flexibility index (Phi) is 8.60. The summed E-state index contributed by atoms with van der Waals surface area (Å²) in [6.07, 6.45) is 1.70. The van der Waals surface area contributed by atoms with Gasteiger partial charge in [-0.25, -0.2) is 4.99 Å². The first kappa shape index (κ1) is 28.0. The molecule has 2 saturated heterocycles. The van der Waals surface area contributed by atoms with E-state index in [0.29, 0.717) is 21.2 Å². The Labute approximate surface area is 245 Å². The normalized spacial score (nSPS) is 17.6. The molecule has 2 heterocycles. The number of rotatable bonds is 7. The maximum Gasteiger partial charge on any atom is 0.269 e. The van der Waals surface area contributed by atoms with Gasteiger partial charge in [-0.15, -0.1) is 0 Å².